The van der Waals surface area contributed by atoms with Gasteiger partial charge in [-0.05, 0) is 141 Å². The van der Waals surface area contributed by atoms with Crippen molar-refractivity contribution in [3.63, 3.8) is 0 Å². The van der Waals surface area contributed by atoms with Gasteiger partial charge in [-0.15, -0.1) is 0 Å². The molecule has 0 saturated heterocycles. The van der Waals surface area contributed by atoms with E-state index in [1.54, 1.807) is 0 Å². The minimum Gasteiger partial charge on any atom is -0.309 e. The molecule has 0 spiro atoms. The standard InChI is InChI=1S/C50H28Br4N2/c51-31-13-21-45-41(25-31)42-26-32(52)14-22-46(42)55(45)35-17-9-29(10-18-35)49-37-5-1-2-6-38(37)50(40-8-4-3-7-39(40)49)30-11-19-36(20-12-30)56-47-23-15-33(53)27-43(47)44-28-34(54)16-24-48(44)56/h1-28H. The molecule has 11 rings (SSSR count). The van der Waals surface area contributed by atoms with E-state index in [4.69, 9.17) is 0 Å². The predicted molar refractivity (Wildman–Crippen MR) is 252 cm³/mol. The van der Waals surface area contributed by atoms with Gasteiger partial charge >= 0.3 is 0 Å². The summed E-state index contributed by atoms with van der Waals surface area (Å²) in [5, 5.41) is 9.83. The van der Waals surface area contributed by atoms with Gasteiger partial charge in [-0.25, -0.2) is 0 Å². The molecule has 0 aliphatic carbocycles. The molecule has 0 bridgehead atoms. The molecular formula is C50H28Br4N2. The number of benzene rings is 9. The minimum atomic E-state index is 1.07. The van der Waals surface area contributed by atoms with Crippen LogP contribution in [0.5, 0.6) is 0 Å². The highest BCUT2D eigenvalue weighted by atomic mass is 79.9. The summed E-state index contributed by atoms with van der Waals surface area (Å²) in [7, 11) is 0. The van der Waals surface area contributed by atoms with Gasteiger partial charge in [0, 0.05) is 50.8 Å². The first kappa shape index (κ1) is 34.3. The Balaban J connectivity index is 1.06. The van der Waals surface area contributed by atoms with Crippen LogP contribution in [0.15, 0.2) is 188 Å². The van der Waals surface area contributed by atoms with E-state index in [-0.39, 0.29) is 0 Å². The molecule has 9 aromatic carbocycles. The van der Waals surface area contributed by atoms with Crippen LogP contribution in [0.3, 0.4) is 0 Å². The lowest BCUT2D eigenvalue weighted by atomic mass is 9.86. The number of hydrogen-bond acceptors (Lipinski definition) is 0. The van der Waals surface area contributed by atoms with Crippen molar-refractivity contribution in [3.05, 3.63) is 188 Å². The highest BCUT2D eigenvalue weighted by Crippen LogP contribution is 2.45. The lowest BCUT2D eigenvalue weighted by Crippen LogP contribution is -1.95. The first-order valence-electron chi connectivity index (χ1n) is 18.3. The molecule has 0 fully saturated rings. The zero-order chi connectivity index (χ0) is 37.7. The molecular weight excluding hydrogens is 948 g/mol. The van der Waals surface area contributed by atoms with Crippen molar-refractivity contribution in [2.45, 2.75) is 0 Å². The Kier molecular flexibility index (Phi) is 8.15. The lowest BCUT2D eigenvalue weighted by Gasteiger charge is -2.18. The molecule has 0 aliphatic rings. The number of rotatable bonds is 4. The van der Waals surface area contributed by atoms with Gasteiger partial charge < -0.3 is 9.13 Å². The van der Waals surface area contributed by atoms with E-state index >= 15 is 0 Å². The zero-order valence-corrected chi connectivity index (χ0v) is 35.9. The summed E-state index contributed by atoms with van der Waals surface area (Å²) < 4.78 is 9.03. The van der Waals surface area contributed by atoms with Gasteiger partial charge in [0.1, 0.15) is 0 Å². The third-order valence-corrected chi connectivity index (χ3v) is 13.1. The van der Waals surface area contributed by atoms with Crippen molar-refractivity contribution in [1.82, 2.24) is 9.13 Å². The second kappa shape index (κ2) is 13.3. The van der Waals surface area contributed by atoms with Crippen LogP contribution < -0.4 is 0 Å². The second-order valence-corrected chi connectivity index (χ2v) is 17.9. The monoisotopic (exact) mass is 972 g/mol. The fraction of sp³-hybridized carbons (Fsp3) is 0. The maximum Gasteiger partial charge on any atom is 0.0541 e. The highest BCUT2D eigenvalue weighted by molar-refractivity contribution is 9.11. The summed E-state index contributed by atoms with van der Waals surface area (Å²) in [6.45, 7) is 0. The van der Waals surface area contributed by atoms with Crippen molar-refractivity contribution < 1.29 is 0 Å². The van der Waals surface area contributed by atoms with Crippen molar-refractivity contribution >= 4 is 129 Å². The molecule has 0 N–H and O–H groups in total. The van der Waals surface area contributed by atoms with Gasteiger partial charge in [-0.2, -0.15) is 0 Å². The highest BCUT2D eigenvalue weighted by Gasteiger charge is 2.19. The smallest absolute Gasteiger partial charge is 0.0541 e. The minimum absolute atomic E-state index is 1.07. The summed E-state index contributed by atoms with van der Waals surface area (Å²) >= 11 is 14.8. The first-order chi connectivity index (χ1) is 27.4. The lowest BCUT2D eigenvalue weighted by molar-refractivity contribution is 1.18. The normalized spacial score (nSPS) is 11.9. The van der Waals surface area contributed by atoms with Gasteiger partial charge in [-0.1, -0.05) is 137 Å². The Labute approximate surface area is 356 Å². The van der Waals surface area contributed by atoms with Crippen molar-refractivity contribution in [1.29, 1.82) is 0 Å². The second-order valence-electron chi connectivity index (χ2n) is 14.3. The number of hydrogen-bond donors (Lipinski definition) is 0. The van der Waals surface area contributed by atoms with Gasteiger partial charge in [0.05, 0.1) is 22.1 Å². The predicted octanol–water partition coefficient (Wildman–Crippen LogP) is 16.6. The summed E-state index contributed by atoms with van der Waals surface area (Å²) in [4.78, 5) is 0. The molecule has 56 heavy (non-hydrogen) atoms. The summed E-state index contributed by atoms with van der Waals surface area (Å²) in [5.41, 5.74) is 11.9. The molecule has 0 aliphatic heterocycles. The van der Waals surface area contributed by atoms with Crippen molar-refractivity contribution in [2.24, 2.45) is 0 Å². The van der Waals surface area contributed by atoms with E-state index in [1.807, 2.05) is 0 Å². The average Bonchev–Trinajstić information content (AvgIpc) is 3.71. The summed E-state index contributed by atoms with van der Waals surface area (Å²) in [5.74, 6) is 0. The number of halogens is 4. The largest absolute Gasteiger partial charge is 0.309 e. The fourth-order valence-corrected chi connectivity index (χ4v) is 10.2. The molecule has 0 saturated carbocycles. The molecule has 2 nitrogen and oxygen atoms in total. The van der Waals surface area contributed by atoms with E-state index in [2.05, 4.69) is 243 Å². The van der Waals surface area contributed by atoms with Crippen LogP contribution in [0.4, 0.5) is 0 Å². The quantitative estimate of drug-likeness (QED) is 0.156. The number of nitrogens with zero attached hydrogens (tertiary/aromatic N) is 2. The Morgan fingerprint density at radius 1 is 0.268 bits per heavy atom. The molecule has 2 heterocycles. The van der Waals surface area contributed by atoms with Gasteiger partial charge in [-0.3, -0.25) is 0 Å². The van der Waals surface area contributed by atoms with Gasteiger partial charge in [0.15, 0.2) is 0 Å². The van der Waals surface area contributed by atoms with Crippen LogP contribution in [0.1, 0.15) is 0 Å². The maximum atomic E-state index is 3.70. The zero-order valence-electron chi connectivity index (χ0n) is 29.6. The molecule has 11 aromatic rings. The SMILES string of the molecule is Brc1ccc2c(c1)c1cc(Br)ccc1n2-c1ccc(-c2c3ccccc3c(-c3ccc(-n4c5ccc(Br)cc5c5cc(Br)ccc54)cc3)c3ccccc23)cc1. The maximum absolute atomic E-state index is 3.70. The Morgan fingerprint density at radius 3 is 0.804 bits per heavy atom. The molecule has 6 heteroatoms. The fourth-order valence-electron chi connectivity index (χ4n) is 8.80. The Hall–Kier alpha value is -4.98. The van der Waals surface area contributed by atoms with E-state index in [0.29, 0.717) is 0 Å². The Bertz CT molecular complexity index is 2990. The summed E-state index contributed by atoms with van der Waals surface area (Å²) in [6, 6.07) is 62.1. The average molecular weight is 976 g/mol. The third-order valence-electron chi connectivity index (χ3n) is 11.1. The van der Waals surface area contributed by atoms with E-state index in [9.17, 15) is 0 Å². The molecule has 0 radical (unpaired) electrons. The molecule has 0 atom stereocenters. The van der Waals surface area contributed by atoms with Gasteiger partial charge in [0.25, 0.3) is 0 Å². The number of aromatic nitrogens is 2. The molecule has 0 amide bonds. The van der Waals surface area contributed by atoms with Crippen molar-refractivity contribution in [2.75, 3.05) is 0 Å². The van der Waals surface area contributed by atoms with Crippen LogP contribution >= 0.6 is 63.7 Å². The van der Waals surface area contributed by atoms with E-state index < -0.39 is 0 Å². The van der Waals surface area contributed by atoms with Crippen LogP contribution in [0, 0.1) is 0 Å². The Morgan fingerprint density at radius 2 is 0.536 bits per heavy atom. The van der Waals surface area contributed by atoms with E-state index in [1.165, 1.54) is 87.4 Å². The van der Waals surface area contributed by atoms with Gasteiger partial charge in [0.2, 0.25) is 0 Å². The van der Waals surface area contributed by atoms with Crippen LogP contribution in [-0.4, -0.2) is 9.13 Å². The topological polar surface area (TPSA) is 9.86 Å². The number of fused-ring (bicyclic) bond motifs is 8. The van der Waals surface area contributed by atoms with Crippen LogP contribution in [0.25, 0.3) is 98.8 Å². The van der Waals surface area contributed by atoms with Crippen LogP contribution in [-0.2, 0) is 0 Å². The van der Waals surface area contributed by atoms with Crippen molar-refractivity contribution in [3.8, 4) is 33.6 Å². The molecule has 266 valence electrons. The molecule has 2 aromatic heterocycles. The summed E-state index contributed by atoms with van der Waals surface area (Å²) in [6.07, 6.45) is 0. The molecule has 0 unspecified atom stereocenters. The van der Waals surface area contributed by atoms with Crippen LogP contribution in [0.2, 0.25) is 0 Å². The third kappa shape index (κ3) is 5.37. The first-order valence-corrected chi connectivity index (χ1v) is 21.5. The van der Waals surface area contributed by atoms with E-state index in [0.717, 1.165) is 29.3 Å².